The average molecular weight is 648 g/mol. The first-order valence-corrected chi connectivity index (χ1v) is 15.7. The van der Waals surface area contributed by atoms with E-state index < -0.39 is 23.6 Å². The van der Waals surface area contributed by atoms with Crippen LogP contribution in [0.1, 0.15) is 54.0 Å². The number of benzene rings is 1. The van der Waals surface area contributed by atoms with Gasteiger partial charge in [-0.1, -0.05) is 11.3 Å². The Labute approximate surface area is 263 Å². The van der Waals surface area contributed by atoms with Gasteiger partial charge in [0.25, 0.3) is 5.91 Å². The van der Waals surface area contributed by atoms with Gasteiger partial charge in [-0.25, -0.2) is 15.0 Å². The molecule has 1 amide bonds. The van der Waals surface area contributed by atoms with E-state index in [1.165, 1.54) is 29.8 Å². The molecule has 45 heavy (non-hydrogen) atoms. The van der Waals surface area contributed by atoms with Gasteiger partial charge in [-0.2, -0.15) is 13.2 Å². The van der Waals surface area contributed by atoms with Gasteiger partial charge in [-0.05, 0) is 51.4 Å². The molecule has 5 rings (SSSR count). The first-order chi connectivity index (χ1) is 21.5. The standard InChI is InChI=1S/C30H36F3N7O4S/c1-3-44-23-7-6-20(15-21(23)30(31,32)33)27-24(18-40-9-4-5-19(40)2)45-29(36-27)37-28(43)22-16-35-25(17-34-22)39-13-11-38(12-14-39)10-8-26(41)42/h6-7,15-17,19H,3-5,8-14,18H2,1-2H3,(H,41,42)(H,36,37,43)/t19-/m1/s1. The molecule has 2 N–H and O–H groups in total. The van der Waals surface area contributed by atoms with Crippen molar-refractivity contribution >= 4 is 34.2 Å². The van der Waals surface area contributed by atoms with Crippen molar-refractivity contribution in [3.05, 3.63) is 46.7 Å². The molecule has 0 aliphatic carbocycles. The fraction of sp³-hybridized carbons (Fsp3) is 0.500. The van der Waals surface area contributed by atoms with Gasteiger partial charge in [0.15, 0.2) is 5.13 Å². The summed E-state index contributed by atoms with van der Waals surface area (Å²) < 4.78 is 47.0. The van der Waals surface area contributed by atoms with Crippen LogP contribution in [-0.2, 0) is 17.5 Å². The minimum atomic E-state index is -4.62. The Bertz CT molecular complexity index is 1490. The molecule has 15 heteroatoms. The Kier molecular flexibility index (Phi) is 10.2. The highest BCUT2D eigenvalue weighted by Crippen LogP contribution is 2.41. The van der Waals surface area contributed by atoms with Crippen LogP contribution in [0.4, 0.5) is 24.1 Å². The number of thiazole rings is 1. The minimum absolute atomic E-state index is 0.0748. The van der Waals surface area contributed by atoms with Crippen LogP contribution in [0.15, 0.2) is 30.6 Å². The van der Waals surface area contributed by atoms with Crippen molar-refractivity contribution in [2.24, 2.45) is 0 Å². The zero-order chi connectivity index (χ0) is 32.1. The molecule has 0 radical (unpaired) electrons. The number of aromatic nitrogens is 3. The summed E-state index contributed by atoms with van der Waals surface area (Å²) in [6.07, 6.45) is 0.454. The van der Waals surface area contributed by atoms with Crippen LogP contribution in [0.2, 0.25) is 0 Å². The highest BCUT2D eigenvalue weighted by molar-refractivity contribution is 7.16. The smallest absolute Gasteiger partial charge is 0.419 e. The number of carbonyl (C=O) groups excluding carboxylic acids is 1. The monoisotopic (exact) mass is 647 g/mol. The molecular formula is C30H36F3N7O4S. The maximum absolute atomic E-state index is 13.9. The number of nitrogens with one attached hydrogen (secondary N) is 1. The van der Waals surface area contributed by atoms with E-state index in [9.17, 15) is 22.8 Å². The zero-order valence-corrected chi connectivity index (χ0v) is 26.0. The van der Waals surface area contributed by atoms with E-state index in [2.05, 4.69) is 37.0 Å². The van der Waals surface area contributed by atoms with E-state index in [0.717, 1.165) is 30.3 Å². The number of carboxylic acids is 1. The maximum atomic E-state index is 13.9. The number of nitrogens with zero attached hydrogens (tertiary/aromatic N) is 6. The molecule has 0 bridgehead atoms. The van der Waals surface area contributed by atoms with E-state index in [4.69, 9.17) is 9.84 Å². The number of amides is 1. The Morgan fingerprint density at radius 3 is 2.53 bits per heavy atom. The third-order valence-corrected chi connectivity index (χ3v) is 8.98. The minimum Gasteiger partial charge on any atom is -0.493 e. The number of aliphatic carboxylic acids is 1. The second-order valence-electron chi connectivity index (χ2n) is 11.1. The SMILES string of the molecule is CCOc1ccc(-c2nc(NC(=O)c3cnc(N4CCN(CCC(=O)O)CC4)cn3)sc2CN2CCC[C@H]2C)cc1C(F)(F)F. The molecule has 2 aromatic heterocycles. The molecule has 3 aromatic rings. The number of anilines is 2. The Morgan fingerprint density at radius 2 is 1.91 bits per heavy atom. The van der Waals surface area contributed by atoms with Crippen molar-refractivity contribution in [2.45, 2.75) is 51.9 Å². The lowest BCUT2D eigenvalue weighted by Gasteiger charge is -2.34. The number of halogens is 3. The molecule has 2 aliphatic heterocycles. The lowest BCUT2D eigenvalue weighted by Crippen LogP contribution is -2.47. The van der Waals surface area contributed by atoms with Crippen molar-refractivity contribution in [2.75, 3.05) is 56.1 Å². The summed E-state index contributed by atoms with van der Waals surface area (Å²) in [5, 5.41) is 11.9. The molecule has 0 spiro atoms. The first kappa shape index (κ1) is 32.6. The molecular weight excluding hydrogens is 611 g/mol. The number of ether oxygens (including phenoxy) is 1. The fourth-order valence-electron chi connectivity index (χ4n) is 5.55. The van der Waals surface area contributed by atoms with Crippen LogP contribution >= 0.6 is 11.3 Å². The molecule has 1 atom stereocenters. The van der Waals surface area contributed by atoms with Crippen LogP contribution in [0.25, 0.3) is 11.3 Å². The topological polar surface area (TPSA) is 124 Å². The van der Waals surface area contributed by atoms with Crippen molar-refractivity contribution in [3.8, 4) is 17.0 Å². The second kappa shape index (κ2) is 14.1. The lowest BCUT2D eigenvalue weighted by molar-refractivity contribution is -0.139. The number of rotatable bonds is 11. The zero-order valence-electron chi connectivity index (χ0n) is 25.1. The van der Waals surface area contributed by atoms with Crippen LogP contribution in [0, 0.1) is 0 Å². The molecule has 1 aromatic carbocycles. The predicted octanol–water partition coefficient (Wildman–Crippen LogP) is 4.85. The van der Waals surface area contributed by atoms with Gasteiger partial charge in [-0.3, -0.25) is 24.7 Å². The Balaban J connectivity index is 1.33. The highest BCUT2D eigenvalue weighted by atomic mass is 32.1. The number of likely N-dealkylation sites (tertiary alicyclic amines) is 1. The molecule has 0 unspecified atom stereocenters. The van der Waals surface area contributed by atoms with E-state index in [1.54, 1.807) is 13.0 Å². The normalized spacial score (nSPS) is 17.9. The molecule has 2 fully saturated rings. The van der Waals surface area contributed by atoms with Crippen molar-refractivity contribution in [1.29, 1.82) is 0 Å². The Hall–Kier alpha value is -3.82. The molecule has 0 saturated carbocycles. The summed E-state index contributed by atoms with van der Waals surface area (Å²) in [4.78, 5) is 44.4. The van der Waals surface area contributed by atoms with Crippen LogP contribution in [-0.4, -0.2) is 93.7 Å². The van der Waals surface area contributed by atoms with Crippen molar-refractivity contribution in [1.82, 2.24) is 24.8 Å². The molecule has 2 aliphatic rings. The lowest BCUT2D eigenvalue weighted by atomic mass is 10.1. The fourth-order valence-corrected chi connectivity index (χ4v) is 6.55. The highest BCUT2D eigenvalue weighted by Gasteiger charge is 2.35. The predicted molar refractivity (Wildman–Crippen MR) is 164 cm³/mol. The molecule has 11 nitrogen and oxygen atoms in total. The largest absolute Gasteiger partial charge is 0.493 e. The van der Waals surface area contributed by atoms with Crippen LogP contribution in [0.3, 0.4) is 0 Å². The quantitative estimate of drug-likeness (QED) is 0.299. The number of carbonyl (C=O) groups is 2. The van der Waals surface area contributed by atoms with Gasteiger partial charge in [0.05, 0.1) is 36.7 Å². The third-order valence-electron chi connectivity index (χ3n) is 8.02. The molecule has 242 valence electrons. The number of alkyl halides is 3. The van der Waals surface area contributed by atoms with Crippen LogP contribution in [0.5, 0.6) is 5.75 Å². The number of hydrogen-bond acceptors (Lipinski definition) is 10. The average Bonchev–Trinajstić information content (AvgIpc) is 3.61. The number of piperazine rings is 1. The Morgan fingerprint density at radius 1 is 1.13 bits per heavy atom. The summed E-state index contributed by atoms with van der Waals surface area (Å²) in [6, 6.07) is 4.26. The third kappa shape index (κ3) is 8.07. The number of hydrogen-bond donors (Lipinski definition) is 2. The van der Waals surface area contributed by atoms with E-state index in [-0.39, 0.29) is 35.2 Å². The van der Waals surface area contributed by atoms with Crippen LogP contribution < -0.4 is 15.0 Å². The summed E-state index contributed by atoms with van der Waals surface area (Å²) in [6.45, 7) is 8.41. The van der Waals surface area contributed by atoms with Gasteiger partial charge >= 0.3 is 12.1 Å². The van der Waals surface area contributed by atoms with E-state index in [0.29, 0.717) is 56.8 Å². The van der Waals surface area contributed by atoms with Crippen molar-refractivity contribution in [3.63, 3.8) is 0 Å². The van der Waals surface area contributed by atoms with E-state index in [1.807, 2.05) is 4.90 Å². The van der Waals surface area contributed by atoms with Gasteiger partial charge in [-0.15, -0.1) is 0 Å². The van der Waals surface area contributed by atoms with Crippen molar-refractivity contribution < 1.29 is 32.6 Å². The summed E-state index contributed by atoms with van der Waals surface area (Å²) in [7, 11) is 0. The number of carboxylic acid groups (broad SMARTS) is 1. The summed E-state index contributed by atoms with van der Waals surface area (Å²) >= 11 is 1.23. The van der Waals surface area contributed by atoms with Gasteiger partial charge in [0, 0.05) is 55.8 Å². The van der Waals surface area contributed by atoms with Gasteiger partial charge in [0.1, 0.15) is 17.3 Å². The van der Waals surface area contributed by atoms with Gasteiger partial charge < -0.3 is 14.7 Å². The summed E-state index contributed by atoms with van der Waals surface area (Å²) in [5.41, 5.74) is -0.132. The second-order valence-corrected chi connectivity index (χ2v) is 12.2. The van der Waals surface area contributed by atoms with E-state index >= 15 is 0 Å². The van der Waals surface area contributed by atoms with Gasteiger partial charge in [0.2, 0.25) is 0 Å². The molecule has 2 saturated heterocycles. The maximum Gasteiger partial charge on any atom is 0.419 e. The first-order valence-electron chi connectivity index (χ1n) is 14.9. The summed E-state index contributed by atoms with van der Waals surface area (Å²) in [5.74, 6) is -0.986. The molecule has 4 heterocycles.